The minimum Gasteiger partial charge on any atom is -0.497 e. The number of hydrogen-bond donors (Lipinski definition) is 0. The van der Waals surface area contributed by atoms with Crippen molar-refractivity contribution in [1.82, 2.24) is 0 Å². The molecule has 436 valence electrons. The highest BCUT2D eigenvalue weighted by Gasteiger charge is 2.28. The molecule has 9 aromatic rings. The Morgan fingerprint density at radius 2 is 0.928 bits per heavy atom. The second-order valence-corrected chi connectivity index (χ2v) is 23.8. The van der Waals surface area contributed by atoms with Crippen molar-refractivity contribution in [3.05, 3.63) is 291 Å². The van der Waals surface area contributed by atoms with E-state index in [0.717, 1.165) is 12.2 Å². The minimum absolute atomic E-state index is 0.0555. The Labute approximate surface area is 505 Å². The van der Waals surface area contributed by atoms with E-state index in [1.54, 1.807) is 7.11 Å². The van der Waals surface area contributed by atoms with E-state index in [9.17, 15) is 0 Å². The third kappa shape index (κ3) is 20.9. The molecular formula is C82H102O. The third-order valence-electron chi connectivity index (χ3n) is 17.1. The van der Waals surface area contributed by atoms with Crippen LogP contribution in [-0.4, -0.2) is 7.11 Å². The Morgan fingerprint density at radius 3 is 1.42 bits per heavy atom. The fourth-order valence-electron chi connectivity index (χ4n) is 11.2. The van der Waals surface area contributed by atoms with Gasteiger partial charge in [-0.25, -0.2) is 0 Å². The van der Waals surface area contributed by atoms with Crippen molar-refractivity contribution in [3.63, 3.8) is 0 Å². The van der Waals surface area contributed by atoms with Crippen LogP contribution < -0.4 is 4.74 Å². The predicted molar refractivity (Wildman–Crippen MR) is 365 cm³/mol. The van der Waals surface area contributed by atoms with Gasteiger partial charge in [-0.15, -0.1) is 0 Å². The summed E-state index contributed by atoms with van der Waals surface area (Å²) >= 11 is 0. The Balaban J connectivity index is 0.000000185. The molecule has 10 rings (SSSR count). The third-order valence-corrected chi connectivity index (χ3v) is 17.1. The van der Waals surface area contributed by atoms with Crippen LogP contribution in [-0.2, 0) is 17.3 Å². The lowest BCUT2D eigenvalue weighted by Gasteiger charge is -2.34. The first-order valence-corrected chi connectivity index (χ1v) is 31.1. The van der Waals surface area contributed by atoms with Gasteiger partial charge >= 0.3 is 0 Å². The maximum atomic E-state index is 5.24. The largest absolute Gasteiger partial charge is 0.497 e. The van der Waals surface area contributed by atoms with Gasteiger partial charge in [0.1, 0.15) is 5.75 Å². The number of hydrogen-bond acceptors (Lipinski definition) is 1. The number of benzene rings is 9. The van der Waals surface area contributed by atoms with Gasteiger partial charge in [-0.05, 0) is 195 Å². The molecule has 2 unspecified atom stereocenters. The number of methoxy groups -OCH3 is 1. The summed E-state index contributed by atoms with van der Waals surface area (Å²) in [5, 5.41) is 0. The van der Waals surface area contributed by atoms with E-state index in [1.807, 2.05) is 18.2 Å². The summed E-state index contributed by atoms with van der Waals surface area (Å²) in [5.41, 5.74) is 23.8. The van der Waals surface area contributed by atoms with Gasteiger partial charge in [0.2, 0.25) is 0 Å². The van der Waals surface area contributed by atoms with Gasteiger partial charge in [-0.1, -0.05) is 290 Å². The molecule has 1 saturated carbocycles. The van der Waals surface area contributed by atoms with E-state index in [0.29, 0.717) is 11.3 Å². The zero-order valence-corrected chi connectivity index (χ0v) is 53.8. The second-order valence-electron chi connectivity index (χ2n) is 23.8. The van der Waals surface area contributed by atoms with Gasteiger partial charge in [-0.2, -0.15) is 0 Å². The van der Waals surface area contributed by atoms with Crippen LogP contribution in [0.25, 0.3) is 22.3 Å². The Morgan fingerprint density at radius 1 is 0.470 bits per heavy atom. The van der Waals surface area contributed by atoms with Gasteiger partial charge in [0.15, 0.2) is 0 Å². The van der Waals surface area contributed by atoms with Crippen molar-refractivity contribution in [2.24, 2.45) is 0 Å². The van der Waals surface area contributed by atoms with Crippen molar-refractivity contribution in [2.75, 3.05) is 7.11 Å². The molecule has 1 fully saturated rings. The molecule has 83 heavy (non-hydrogen) atoms. The molecule has 0 radical (unpaired) electrons. The Bertz CT molecular complexity index is 3180. The summed E-state index contributed by atoms with van der Waals surface area (Å²) in [6, 6.07) is 77.7. The van der Waals surface area contributed by atoms with Crippen LogP contribution in [0.3, 0.4) is 0 Å². The number of aryl methyl sites for hydroxylation is 9. The molecule has 0 aromatic heterocycles. The lowest BCUT2D eigenvalue weighted by Crippen LogP contribution is -2.24. The molecule has 0 bridgehead atoms. The molecular weight excluding hydrogens is 1000 g/mol. The first-order valence-electron chi connectivity index (χ1n) is 31.1. The molecule has 0 N–H and O–H groups in total. The molecule has 1 aliphatic rings. The molecule has 0 amide bonds. The SMILES string of the molecule is CC1(c2ccccc2)CCCCC1.CCC(C)(c1ccc(C)cc1)c1ccc(OC)cc1.CCC(C)c1ccccc1.CCCCc1ccccc1.Cc1cc(C)c(-c2cc(C)c(C)cc2C)c(C)c1.Cc1ccc(-c2ccccc2)cc1. The van der Waals surface area contributed by atoms with Crippen LogP contribution in [0.15, 0.2) is 218 Å². The van der Waals surface area contributed by atoms with Crippen LogP contribution in [0.2, 0.25) is 0 Å². The highest BCUT2D eigenvalue weighted by molar-refractivity contribution is 5.75. The lowest BCUT2D eigenvalue weighted by atomic mass is 9.71. The van der Waals surface area contributed by atoms with E-state index < -0.39 is 0 Å². The predicted octanol–water partition coefficient (Wildman–Crippen LogP) is 23.7. The molecule has 0 aliphatic heterocycles. The maximum Gasteiger partial charge on any atom is 0.118 e. The van der Waals surface area contributed by atoms with Crippen LogP contribution in [0.5, 0.6) is 5.75 Å². The van der Waals surface area contributed by atoms with Crippen LogP contribution in [0, 0.1) is 55.4 Å². The standard InChI is InChI=1S/C18H22O.C18H22.C13H18.C13H12.2C10H14/c1-5-18(3,15-8-6-14(2)7-9-15)16-10-12-17(19-4)13-11-16;1-11-7-15(5)18(16(6)8-11)17-10-13(3)12(2)9-14(17)4;1-13(10-6-3-7-11-13)12-8-4-2-5-9-12;1-11-7-9-13(10-8-11)12-5-3-2-4-6-12;1-3-9(2)10-7-5-4-6-8-10;1-2-3-7-10-8-5-4-6-9-10/h6-13H,5H2,1-4H3;7-10H,1-6H3;2,4-5,8-9H,3,6-7,10-11H2,1H3;2-10H,1H3;4-9H,3H2,1-2H3;4-6,8-9H,2-3,7H2,1H3. The zero-order valence-electron chi connectivity index (χ0n) is 53.8. The van der Waals surface area contributed by atoms with E-state index in [2.05, 4.69) is 297 Å². The molecule has 1 nitrogen and oxygen atoms in total. The van der Waals surface area contributed by atoms with E-state index in [-0.39, 0.29) is 5.41 Å². The van der Waals surface area contributed by atoms with Gasteiger partial charge in [0.25, 0.3) is 0 Å². The van der Waals surface area contributed by atoms with Crippen LogP contribution >= 0.6 is 0 Å². The molecule has 9 aromatic carbocycles. The first-order chi connectivity index (χ1) is 39.9. The smallest absolute Gasteiger partial charge is 0.118 e. The molecule has 0 heterocycles. The summed E-state index contributed by atoms with van der Waals surface area (Å²) in [6.07, 6.45) is 13.1. The van der Waals surface area contributed by atoms with Crippen molar-refractivity contribution < 1.29 is 4.74 Å². The van der Waals surface area contributed by atoms with E-state index in [1.165, 1.54) is 152 Å². The van der Waals surface area contributed by atoms with Crippen LogP contribution in [0.4, 0.5) is 0 Å². The summed E-state index contributed by atoms with van der Waals surface area (Å²) < 4.78 is 5.24. The van der Waals surface area contributed by atoms with Crippen molar-refractivity contribution in [3.8, 4) is 28.0 Å². The molecule has 1 heteroatoms. The highest BCUT2D eigenvalue weighted by atomic mass is 16.5. The average molecular weight is 1100 g/mol. The topological polar surface area (TPSA) is 9.23 Å². The molecule has 0 spiro atoms. The number of rotatable bonds is 12. The fourth-order valence-corrected chi connectivity index (χ4v) is 11.2. The van der Waals surface area contributed by atoms with Gasteiger partial charge in [0, 0.05) is 5.41 Å². The summed E-state index contributed by atoms with van der Waals surface area (Å²) in [7, 11) is 1.70. The maximum absolute atomic E-state index is 5.24. The highest BCUT2D eigenvalue weighted by Crippen LogP contribution is 2.39. The van der Waals surface area contributed by atoms with Gasteiger partial charge in [-0.3, -0.25) is 0 Å². The summed E-state index contributed by atoms with van der Waals surface area (Å²) in [5.74, 6) is 1.62. The number of ether oxygens (including phenoxy) is 1. The summed E-state index contributed by atoms with van der Waals surface area (Å²) in [6.45, 7) is 31.1. The quantitative estimate of drug-likeness (QED) is 0.118. The first kappa shape index (κ1) is 66.6. The Hall–Kier alpha value is -7.22. The van der Waals surface area contributed by atoms with E-state index in [4.69, 9.17) is 4.74 Å². The summed E-state index contributed by atoms with van der Waals surface area (Å²) in [4.78, 5) is 0. The molecule has 2 atom stereocenters. The molecule has 0 saturated heterocycles. The normalized spacial score (nSPS) is 13.1. The monoisotopic (exact) mass is 1100 g/mol. The van der Waals surface area contributed by atoms with Crippen molar-refractivity contribution in [2.45, 2.75) is 178 Å². The fraction of sp³-hybridized carbons (Fsp3) is 0.341. The van der Waals surface area contributed by atoms with Crippen molar-refractivity contribution >= 4 is 0 Å². The van der Waals surface area contributed by atoms with Crippen molar-refractivity contribution in [1.29, 1.82) is 0 Å². The van der Waals surface area contributed by atoms with E-state index >= 15 is 0 Å². The number of unbranched alkanes of at least 4 members (excludes halogenated alkanes) is 1. The zero-order chi connectivity index (χ0) is 60.2. The van der Waals surface area contributed by atoms with Gasteiger partial charge < -0.3 is 4.74 Å². The minimum atomic E-state index is 0.0555. The second kappa shape index (κ2) is 34.4. The Kier molecular flexibility index (Phi) is 27.6. The molecule has 1 aliphatic carbocycles. The van der Waals surface area contributed by atoms with Crippen LogP contribution in [0.1, 0.15) is 178 Å². The van der Waals surface area contributed by atoms with Gasteiger partial charge in [0.05, 0.1) is 7.11 Å². The average Bonchev–Trinajstić information content (AvgIpc) is 3.51. The lowest BCUT2D eigenvalue weighted by molar-refractivity contribution is 0.319.